The fraction of sp³-hybridized carbons (Fsp3) is 0.400. The zero-order valence-corrected chi connectivity index (χ0v) is 16.4. The van der Waals surface area contributed by atoms with Crippen molar-refractivity contribution in [3.8, 4) is 0 Å². The Labute approximate surface area is 164 Å². The Balaban J connectivity index is 1.57. The number of ether oxygens (including phenoxy) is 1. The van der Waals surface area contributed by atoms with Crippen LogP contribution in [0.4, 0.5) is 17.3 Å². The standard InChI is InChI=1S/C20H25N5O3/c1-13-10-14(2)22-20(21-13)24-17-6-4-16(5-7-17)23-19(27)15-11-18(26)25(12-15)8-9-28-3/h4-7,10,15H,8-9,11-12H2,1-3H3,(H,23,27)(H,21,22,24). The lowest BCUT2D eigenvalue weighted by Crippen LogP contribution is -2.30. The summed E-state index contributed by atoms with van der Waals surface area (Å²) in [6, 6.07) is 9.22. The first kappa shape index (κ1) is 19.8. The molecule has 1 unspecified atom stereocenters. The molecule has 0 radical (unpaired) electrons. The van der Waals surface area contributed by atoms with E-state index in [2.05, 4.69) is 20.6 Å². The zero-order valence-electron chi connectivity index (χ0n) is 16.4. The molecular weight excluding hydrogens is 358 g/mol. The van der Waals surface area contributed by atoms with Gasteiger partial charge in [0.05, 0.1) is 12.5 Å². The molecule has 0 bridgehead atoms. The SMILES string of the molecule is COCCN1CC(C(=O)Nc2ccc(Nc3nc(C)cc(C)n3)cc2)CC1=O. The Morgan fingerprint density at radius 2 is 1.82 bits per heavy atom. The van der Waals surface area contributed by atoms with Crippen molar-refractivity contribution in [3.63, 3.8) is 0 Å². The number of carbonyl (C=O) groups excluding carboxylic acids is 2. The van der Waals surface area contributed by atoms with Gasteiger partial charge in [-0.25, -0.2) is 9.97 Å². The second-order valence-corrected chi connectivity index (χ2v) is 6.90. The van der Waals surface area contributed by atoms with Gasteiger partial charge < -0.3 is 20.3 Å². The van der Waals surface area contributed by atoms with Gasteiger partial charge in [0.1, 0.15) is 0 Å². The molecule has 1 saturated heterocycles. The van der Waals surface area contributed by atoms with Gasteiger partial charge in [-0.2, -0.15) is 0 Å². The summed E-state index contributed by atoms with van der Waals surface area (Å²) in [7, 11) is 1.59. The van der Waals surface area contributed by atoms with Crippen molar-refractivity contribution in [2.75, 3.05) is 37.4 Å². The van der Waals surface area contributed by atoms with E-state index in [1.165, 1.54) is 0 Å². The largest absolute Gasteiger partial charge is 0.383 e. The molecule has 3 rings (SSSR count). The van der Waals surface area contributed by atoms with E-state index in [9.17, 15) is 9.59 Å². The van der Waals surface area contributed by atoms with Gasteiger partial charge in [-0.1, -0.05) is 0 Å². The third kappa shape index (κ3) is 5.04. The summed E-state index contributed by atoms with van der Waals surface area (Å²) >= 11 is 0. The highest BCUT2D eigenvalue weighted by atomic mass is 16.5. The normalized spacial score (nSPS) is 16.3. The minimum absolute atomic E-state index is 0.00908. The molecule has 2 aromatic rings. The van der Waals surface area contributed by atoms with E-state index in [0.717, 1.165) is 17.1 Å². The molecule has 1 aromatic heterocycles. The van der Waals surface area contributed by atoms with Crippen molar-refractivity contribution >= 4 is 29.1 Å². The number of amides is 2. The Hall–Kier alpha value is -3.00. The monoisotopic (exact) mass is 383 g/mol. The van der Waals surface area contributed by atoms with Crippen molar-refractivity contribution in [3.05, 3.63) is 41.7 Å². The molecule has 148 valence electrons. The van der Waals surface area contributed by atoms with Crippen molar-refractivity contribution in [2.45, 2.75) is 20.3 Å². The predicted molar refractivity (Wildman–Crippen MR) is 106 cm³/mol. The molecule has 8 nitrogen and oxygen atoms in total. The van der Waals surface area contributed by atoms with Crippen molar-refractivity contribution in [2.24, 2.45) is 5.92 Å². The number of carbonyl (C=O) groups is 2. The molecule has 2 N–H and O–H groups in total. The van der Waals surface area contributed by atoms with E-state index < -0.39 is 0 Å². The first-order chi connectivity index (χ1) is 13.4. The molecule has 1 fully saturated rings. The van der Waals surface area contributed by atoms with Crippen LogP contribution in [0, 0.1) is 19.8 Å². The molecule has 8 heteroatoms. The van der Waals surface area contributed by atoms with Gasteiger partial charge in [-0.05, 0) is 44.2 Å². The van der Waals surface area contributed by atoms with Crippen LogP contribution in [-0.4, -0.2) is 53.5 Å². The Morgan fingerprint density at radius 3 is 2.46 bits per heavy atom. The second kappa shape index (κ2) is 8.79. The summed E-state index contributed by atoms with van der Waals surface area (Å²) in [5.41, 5.74) is 3.29. The van der Waals surface area contributed by atoms with Crippen molar-refractivity contribution in [1.29, 1.82) is 0 Å². The maximum absolute atomic E-state index is 12.5. The molecule has 1 aromatic carbocycles. The molecule has 1 aliphatic heterocycles. The number of nitrogens with zero attached hydrogens (tertiary/aromatic N) is 3. The highest BCUT2D eigenvalue weighted by molar-refractivity contribution is 5.97. The fourth-order valence-corrected chi connectivity index (χ4v) is 3.16. The number of benzene rings is 1. The van der Waals surface area contributed by atoms with E-state index in [4.69, 9.17) is 4.74 Å². The highest BCUT2D eigenvalue weighted by Gasteiger charge is 2.33. The number of hydrogen-bond donors (Lipinski definition) is 2. The Bertz CT molecular complexity index is 833. The van der Waals surface area contributed by atoms with Gasteiger partial charge in [0.15, 0.2) is 0 Å². The lowest BCUT2D eigenvalue weighted by Gasteiger charge is -2.16. The summed E-state index contributed by atoms with van der Waals surface area (Å²) in [5.74, 6) is 0.0394. The number of aryl methyl sites for hydroxylation is 2. The average molecular weight is 383 g/mol. The molecule has 1 atom stereocenters. The maximum Gasteiger partial charge on any atom is 0.229 e. The first-order valence-corrected chi connectivity index (χ1v) is 9.21. The number of methoxy groups -OCH3 is 1. The molecular formula is C20H25N5O3. The summed E-state index contributed by atoms with van der Waals surface area (Å²) < 4.78 is 5.00. The van der Waals surface area contributed by atoms with Crippen LogP contribution in [-0.2, 0) is 14.3 Å². The first-order valence-electron chi connectivity index (χ1n) is 9.21. The molecule has 0 aliphatic carbocycles. The third-order valence-corrected chi connectivity index (χ3v) is 4.54. The molecule has 1 aliphatic rings. The van der Waals surface area contributed by atoms with Crippen LogP contribution >= 0.6 is 0 Å². The minimum atomic E-state index is -0.342. The number of anilines is 3. The molecule has 0 saturated carbocycles. The van der Waals surface area contributed by atoms with Crippen molar-refractivity contribution in [1.82, 2.24) is 14.9 Å². The lowest BCUT2D eigenvalue weighted by molar-refractivity contribution is -0.128. The van der Waals surface area contributed by atoms with Crippen molar-refractivity contribution < 1.29 is 14.3 Å². The van der Waals surface area contributed by atoms with Crippen LogP contribution < -0.4 is 10.6 Å². The second-order valence-electron chi connectivity index (χ2n) is 6.90. The number of hydrogen-bond acceptors (Lipinski definition) is 6. The smallest absolute Gasteiger partial charge is 0.229 e. The van der Waals surface area contributed by atoms with Crippen LogP contribution in [0.25, 0.3) is 0 Å². The summed E-state index contributed by atoms with van der Waals surface area (Å²) in [5, 5.41) is 6.04. The molecule has 0 spiro atoms. The van der Waals surface area contributed by atoms with Gasteiger partial charge in [-0.15, -0.1) is 0 Å². The topological polar surface area (TPSA) is 96.5 Å². The Kier molecular flexibility index (Phi) is 6.20. The van der Waals surface area contributed by atoms with E-state index in [1.807, 2.05) is 44.2 Å². The van der Waals surface area contributed by atoms with Gasteiger partial charge in [0, 0.05) is 49.4 Å². The third-order valence-electron chi connectivity index (χ3n) is 4.54. The van der Waals surface area contributed by atoms with Gasteiger partial charge in [-0.3, -0.25) is 9.59 Å². The number of nitrogens with one attached hydrogen (secondary N) is 2. The molecule has 2 heterocycles. The van der Waals surface area contributed by atoms with Crippen LogP contribution in [0.1, 0.15) is 17.8 Å². The van der Waals surface area contributed by atoms with Gasteiger partial charge in [0.25, 0.3) is 0 Å². The van der Waals surface area contributed by atoms with Crippen LogP contribution in [0.3, 0.4) is 0 Å². The van der Waals surface area contributed by atoms with E-state index in [-0.39, 0.29) is 24.2 Å². The quantitative estimate of drug-likeness (QED) is 0.761. The summed E-state index contributed by atoms with van der Waals surface area (Å²) in [6.45, 7) is 5.25. The molecule has 2 amide bonds. The number of aromatic nitrogens is 2. The average Bonchev–Trinajstić information content (AvgIpc) is 3.01. The van der Waals surface area contributed by atoms with Crippen LogP contribution in [0.15, 0.2) is 30.3 Å². The minimum Gasteiger partial charge on any atom is -0.383 e. The van der Waals surface area contributed by atoms with Gasteiger partial charge >= 0.3 is 0 Å². The Morgan fingerprint density at radius 1 is 1.18 bits per heavy atom. The molecule has 28 heavy (non-hydrogen) atoms. The van der Waals surface area contributed by atoms with Crippen LogP contribution in [0.2, 0.25) is 0 Å². The zero-order chi connectivity index (χ0) is 20.1. The highest BCUT2D eigenvalue weighted by Crippen LogP contribution is 2.21. The maximum atomic E-state index is 12.5. The summed E-state index contributed by atoms with van der Waals surface area (Å²) in [4.78, 5) is 34.8. The predicted octanol–water partition coefficient (Wildman–Crippen LogP) is 2.27. The number of likely N-dealkylation sites (tertiary alicyclic amines) is 1. The van der Waals surface area contributed by atoms with E-state index in [1.54, 1.807) is 12.0 Å². The van der Waals surface area contributed by atoms with Gasteiger partial charge in [0.2, 0.25) is 17.8 Å². The number of rotatable bonds is 7. The van der Waals surface area contributed by atoms with E-state index >= 15 is 0 Å². The van der Waals surface area contributed by atoms with Crippen LogP contribution in [0.5, 0.6) is 0 Å². The lowest BCUT2D eigenvalue weighted by atomic mass is 10.1. The van der Waals surface area contributed by atoms with E-state index in [0.29, 0.717) is 31.3 Å². The fourth-order valence-electron chi connectivity index (χ4n) is 3.16. The summed E-state index contributed by atoms with van der Waals surface area (Å²) in [6.07, 6.45) is 0.235.